The molecule has 172 valence electrons. The summed E-state index contributed by atoms with van der Waals surface area (Å²) >= 11 is 7.34. The molecule has 2 heterocycles. The van der Waals surface area contributed by atoms with Crippen LogP contribution in [0, 0.1) is 0 Å². The Labute approximate surface area is 197 Å². The Balaban J connectivity index is 1.38. The van der Waals surface area contributed by atoms with Crippen molar-refractivity contribution >= 4 is 46.0 Å². The molecule has 2 saturated carbocycles. The summed E-state index contributed by atoms with van der Waals surface area (Å²) in [6.45, 7) is 0. The molecule has 1 aromatic carbocycles. The highest BCUT2D eigenvalue weighted by Crippen LogP contribution is 2.41. The zero-order chi connectivity index (χ0) is 23.1. The van der Waals surface area contributed by atoms with Crippen molar-refractivity contribution in [2.24, 2.45) is 0 Å². The number of H-pyrrole nitrogens is 1. The summed E-state index contributed by atoms with van der Waals surface area (Å²) < 4.78 is 6.85. The van der Waals surface area contributed by atoms with Gasteiger partial charge in [-0.15, -0.1) is 11.8 Å². The molecule has 9 nitrogen and oxygen atoms in total. The van der Waals surface area contributed by atoms with E-state index in [4.69, 9.17) is 16.3 Å². The summed E-state index contributed by atoms with van der Waals surface area (Å²) in [5.74, 6) is 1.62. The molecular formula is C22H22ClN5O4S. The van der Waals surface area contributed by atoms with Gasteiger partial charge in [-0.2, -0.15) is 0 Å². The lowest BCUT2D eigenvalue weighted by Crippen LogP contribution is -2.31. The van der Waals surface area contributed by atoms with Gasteiger partial charge in [0.05, 0.1) is 12.8 Å². The van der Waals surface area contributed by atoms with Crippen molar-refractivity contribution in [3.63, 3.8) is 0 Å². The monoisotopic (exact) mass is 487 g/mol. The fourth-order valence-electron chi connectivity index (χ4n) is 3.67. The number of carbonyl (C=O) groups is 1. The molecule has 1 amide bonds. The molecule has 0 aliphatic heterocycles. The van der Waals surface area contributed by atoms with Crippen LogP contribution in [0.25, 0.3) is 11.0 Å². The second kappa shape index (κ2) is 8.83. The number of hydrogen-bond donors (Lipinski definition) is 2. The molecule has 2 aliphatic rings. The summed E-state index contributed by atoms with van der Waals surface area (Å²) in [5, 5.41) is 4.11. The van der Waals surface area contributed by atoms with Gasteiger partial charge in [-0.3, -0.25) is 19.1 Å². The fraction of sp³-hybridized carbons (Fsp3) is 0.409. The largest absolute Gasteiger partial charge is 0.495 e. The predicted octanol–water partition coefficient (Wildman–Crippen LogP) is 3.48. The molecular weight excluding hydrogens is 466 g/mol. The quantitative estimate of drug-likeness (QED) is 0.368. The van der Waals surface area contributed by atoms with Crippen molar-refractivity contribution < 1.29 is 9.53 Å². The number of aromatic nitrogens is 4. The average molecular weight is 488 g/mol. The molecule has 2 aliphatic carbocycles. The summed E-state index contributed by atoms with van der Waals surface area (Å²) in [4.78, 5) is 49.3. The van der Waals surface area contributed by atoms with E-state index in [1.54, 1.807) is 22.8 Å². The number of amides is 1. The van der Waals surface area contributed by atoms with Crippen LogP contribution in [0.15, 0.2) is 32.8 Å². The number of methoxy groups -OCH3 is 1. The van der Waals surface area contributed by atoms with Crippen molar-refractivity contribution in [1.82, 2.24) is 19.5 Å². The normalized spacial score (nSPS) is 15.6. The van der Waals surface area contributed by atoms with Crippen molar-refractivity contribution in [2.45, 2.75) is 49.1 Å². The van der Waals surface area contributed by atoms with Gasteiger partial charge in [0, 0.05) is 29.2 Å². The highest BCUT2D eigenvalue weighted by molar-refractivity contribution is 7.99. The van der Waals surface area contributed by atoms with E-state index in [9.17, 15) is 14.4 Å². The molecule has 0 saturated heterocycles. The Morgan fingerprint density at radius 1 is 1.27 bits per heavy atom. The van der Waals surface area contributed by atoms with Crippen LogP contribution in [0.2, 0.25) is 5.02 Å². The molecule has 0 spiro atoms. The zero-order valence-electron chi connectivity index (χ0n) is 17.9. The molecule has 2 N–H and O–H groups in total. The van der Waals surface area contributed by atoms with Gasteiger partial charge in [0.1, 0.15) is 22.0 Å². The molecule has 0 atom stereocenters. The molecule has 11 heteroatoms. The van der Waals surface area contributed by atoms with Crippen LogP contribution in [-0.2, 0) is 4.79 Å². The topological polar surface area (TPSA) is 119 Å². The van der Waals surface area contributed by atoms with E-state index in [0.29, 0.717) is 44.1 Å². The number of benzene rings is 1. The number of fused-ring (bicyclic) bond motifs is 1. The number of aromatic amines is 1. The van der Waals surface area contributed by atoms with Crippen LogP contribution >= 0.6 is 23.4 Å². The van der Waals surface area contributed by atoms with Gasteiger partial charge in [-0.25, -0.2) is 14.8 Å². The van der Waals surface area contributed by atoms with E-state index in [1.165, 1.54) is 18.9 Å². The molecule has 2 fully saturated rings. The van der Waals surface area contributed by atoms with Gasteiger partial charge >= 0.3 is 5.69 Å². The van der Waals surface area contributed by atoms with Gasteiger partial charge in [0.15, 0.2) is 5.65 Å². The smallest absolute Gasteiger partial charge is 0.330 e. The Bertz CT molecular complexity index is 1360. The second-order valence-electron chi connectivity index (χ2n) is 8.21. The molecule has 0 bridgehead atoms. The maximum absolute atomic E-state index is 12.7. The minimum atomic E-state index is -0.495. The number of carbonyl (C=O) groups excluding carboxylic acids is 1. The first-order valence-electron chi connectivity index (χ1n) is 10.8. The van der Waals surface area contributed by atoms with Crippen LogP contribution in [0.5, 0.6) is 5.75 Å². The number of thioether (sulfide) groups is 1. The maximum Gasteiger partial charge on any atom is 0.330 e. The summed E-state index contributed by atoms with van der Waals surface area (Å²) in [6, 6.07) is 5.06. The van der Waals surface area contributed by atoms with E-state index in [1.807, 2.05) is 0 Å². The van der Waals surface area contributed by atoms with Crippen molar-refractivity contribution in [3.8, 4) is 5.75 Å². The number of nitrogens with zero attached hydrogens (tertiary/aromatic N) is 3. The van der Waals surface area contributed by atoms with Crippen molar-refractivity contribution in [2.75, 3.05) is 18.2 Å². The molecule has 0 unspecified atom stereocenters. The maximum atomic E-state index is 12.7. The Morgan fingerprint density at radius 2 is 2.06 bits per heavy atom. The summed E-state index contributed by atoms with van der Waals surface area (Å²) in [5.41, 5.74) is -0.0294. The third-order valence-corrected chi connectivity index (χ3v) is 6.84. The number of ether oxygens (including phenoxy) is 1. The minimum Gasteiger partial charge on any atom is -0.495 e. The third kappa shape index (κ3) is 4.63. The summed E-state index contributed by atoms with van der Waals surface area (Å²) in [6.07, 6.45) is 3.95. The number of halogens is 1. The SMILES string of the molecule is COc1ccc(Cl)cc1NC(=O)CCSc1nc(C2CC2)nc2c1c(=O)[nH]c(=O)n2C1CC1. The predicted molar refractivity (Wildman–Crippen MR) is 127 cm³/mol. The molecule has 2 aromatic heterocycles. The van der Waals surface area contributed by atoms with E-state index >= 15 is 0 Å². The Kier molecular flexibility index (Phi) is 5.88. The van der Waals surface area contributed by atoms with E-state index in [-0.39, 0.29) is 24.3 Å². The Hall–Kier alpha value is -2.85. The molecule has 3 aromatic rings. The van der Waals surface area contributed by atoms with Gasteiger partial charge < -0.3 is 10.1 Å². The van der Waals surface area contributed by atoms with Crippen molar-refractivity contribution in [1.29, 1.82) is 0 Å². The third-order valence-electron chi connectivity index (χ3n) is 5.63. The number of hydrogen-bond acceptors (Lipinski definition) is 7. The van der Waals surface area contributed by atoms with Gasteiger partial charge in [0.25, 0.3) is 5.56 Å². The lowest BCUT2D eigenvalue weighted by atomic mass is 10.3. The van der Waals surface area contributed by atoms with Crippen LogP contribution < -0.4 is 21.3 Å². The lowest BCUT2D eigenvalue weighted by molar-refractivity contribution is -0.115. The second-order valence-corrected chi connectivity index (χ2v) is 9.73. The highest BCUT2D eigenvalue weighted by atomic mass is 35.5. The van der Waals surface area contributed by atoms with Gasteiger partial charge in [-0.1, -0.05) is 11.6 Å². The van der Waals surface area contributed by atoms with E-state index < -0.39 is 11.2 Å². The molecule has 0 radical (unpaired) electrons. The fourth-order valence-corrected chi connectivity index (χ4v) is 4.80. The average Bonchev–Trinajstić information content (AvgIpc) is 3.67. The summed E-state index contributed by atoms with van der Waals surface area (Å²) in [7, 11) is 1.52. The van der Waals surface area contributed by atoms with Crippen molar-refractivity contribution in [3.05, 3.63) is 49.9 Å². The van der Waals surface area contributed by atoms with E-state index in [2.05, 4.69) is 20.3 Å². The first kappa shape index (κ1) is 22.0. The standard InChI is InChI=1S/C22H22ClN5O4S/c1-32-15-7-4-12(23)10-14(15)24-16(29)8-9-33-21-17-19(25-18(26-21)11-2-3-11)28(13-5-6-13)22(31)27-20(17)30/h4,7,10-11,13H,2-3,5-6,8-9H2,1H3,(H,24,29)(H,27,30,31). The van der Waals surface area contributed by atoms with Gasteiger partial charge in [0.2, 0.25) is 5.91 Å². The first-order valence-corrected chi connectivity index (χ1v) is 12.1. The number of nitrogens with one attached hydrogen (secondary N) is 2. The zero-order valence-corrected chi connectivity index (χ0v) is 19.5. The number of anilines is 1. The Morgan fingerprint density at radius 3 is 2.76 bits per heavy atom. The van der Waals surface area contributed by atoms with Gasteiger partial charge in [-0.05, 0) is 43.9 Å². The molecule has 33 heavy (non-hydrogen) atoms. The van der Waals surface area contributed by atoms with Crippen LogP contribution in [0.3, 0.4) is 0 Å². The van der Waals surface area contributed by atoms with Crippen LogP contribution in [0.4, 0.5) is 5.69 Å². The lowest BCUT2D eigenvalue weighted by Gasteiger charge is -2.12. The van der Waals surface area contributed by atoms with Crippen LogP contribution in [-0.4, -0.2) is 38.3 Å². The minimum absolute atomic E-state index is 0.0649. The van der Waals surface area contributed by atoms with E-state index in [0.717, 1.165) is 25.7 Å². The number of rotatable bonds is 8. The highest BCUT2D eigenvalue weighted by Gasteiger charge is 2.32. The molecule has 5 rings (SSSR count). The first-order chi connectivity index (χ1) is 15.9. The van der Waals surface area contributed by atoms with Crippen LogP contribution in [0.1, 0.15) is 49.9 Å².